The molecule has 0 saturated heterocycles. The zero-order chi connectivity index (χ0) is 15.7. The Balaban J connectivity index is 1.65. The Morgan fingerprint density at radius 3 is 2.82 bits per heavy atom. The number of hydrogen-bond donors (Lipinski definition) is 0. The summed E-state index contributed by atoms with van der Waals surface area (Å²) in [7, 11) is 0. The third-order valence-corrected chi connectivity index (χ3v) is 4.71. The van der Waals surface area contributed by atoms with E-state index in [1.54, 1.807) is 18.2 Å². The van der Waals surface area contributed by atoms with Crippen LogP contribution in [0, 0.1) is 0 Å². The molecule has 0 atom stereocenters. The second-order valence-electron chi connectivity index (χ2n) is 4.66. The second-order valence-corrected chi connectivity index (χ2v) is 6.94. The van der Waals surface area contributed by atoms with E-state index in [1.807, 2.05) is 0 Å². The zero-order valence-electron chi connectivity index (χ0n) is 11.2. The van der Waals surface area contributed by atoms with E-state index in [9.17, 15) is 9.59 Å². The molecule has 7 heteroatoms. The summed E-state index contributed by atoms with van der Waals surface area (Å²) in [5, 5.41) is 0. The molecule has 1 aliphatic rings. The molecule has 1 aromatic carbocycles. The van der Waals surface area contributed by atoms with Crippen LogP contribution in [0.5, 0.6) is 5.75 Å². The first-order chi connectivity index (χ1) is 10.5. The lowest BCUT2D eigenvalue weighted by Crippen LogP contribution is -2.14. The quantitative estimate of drug-likeness (QED) is 0.612. The summed E-state index contributed by atoms with van der Waals surface area (Å²) in [6.45, 7) is 0.279. The molecule has 4 nitrogen and oxygen atoms in total. The molecule has 3 rings (SSSR count). The lowest BCUT2D eigenvalue weighted by molar-refractivity contribution is 0.0475. The van der Waals surface area contributed by atoms with E-state index in [4.69, 9.17) is 32.7 Å². The number of carbonyl (C=O) groups excluding carboxylic acids is 2. The Hall–Kier alpha value is -1.56. The highest BCUT2D eigenvalue weighted by Crippen LogP contribution is 2.31. The number of halogens is 2. The van der Waals surface area contributed by atoms with E-state index < -0.39 is 5.97 Å². The van der Waals surface area contributed by atoms with Gasteiger partial charge >= 0.3 is 5.97 Å². The van der Waals surface area contributed by atoms with Gasteiger partial charge in [0.1, 0.15) is 10.1 Å². The minimum Gasteiger partial charge on any atom is -0.493 e. The van der Waals surface area contributed by atoms with Crippen LogP contribution >= 0.6 is 34.5 Å². The first-order valence-corrected chi connectivity index (χ1v) is 8.02. The highest BCUT2D eigenvalue weighted by atomic mass is 35.5. The first kappa shape index (κ1) is 15.3. The van der Waals surface area contributed by atoms with E-state index in [0.717, 1.165) is 29.1 Å². The van der Waals surface area contributed by atoms with E-state index in [1.165, 1.54) is 6.07 Å². The van der Waals surface area contributed by atoms with E-state index >= 15 is 0 Å². The van der Waals surface area contributed by atoms with Gasteiger partial charge in [-0.1, -0.05) is 23.2 Å². The Labute approximate surface area is 140 Å². The van der Waals surface area contributed by atoms with Gasteiger partial charge in [-0.25, -0.2) is 4.79 Å². The van der Waals surface area contributed by atoms with Gasteiger partial charge in [-0.3, -0.25) is 4.79 Å². The topological polar surface area (TPSA) is 52.6 Å². The molecule has 0 bridgehead atoms. The summed E-state index contributed by atoms with van der Waals surface area (Å²) in [5.74, 6) is -0.139. The van der Waals surface area contributed by atoms with Crippen LogP contribution in [0.1, 0.15) is 26.3 Å². The number of rotatable bonds is 4. The molecule has 0 amide bonds. The summed E-state index contributed by atoms with van der Waals surface area (Å²) < 4.78 is 11.0. The number of ketones is 1. The van der Waals surface area contributed by atoms with Crippen molar-refractivity contribution in [1.82, 2.24) is 0 Å². The van der Waals surface area contributed by atoms with Gasteiger partial charge in [0.05, 0.1) is 16.5 Å². The van der Waals surface area contributed by atoms with E-state index in [0.29, 0.717) is 16.5 Å². The van der Waals surface area contributed by atoms with Gasteiger partial charge in [-0.15, -0.1) is 11.3 Å². The number of Topliss-reactive ketones (excluding diaryl/α,β-unsaturated/α-hetero) is 1. The summed E-state index contributed by atoms with van der Waals surface area (Å²) in [6, 6.07) is 6.61. The van der Waals surface area contributed by atoms with Crippen LogP contribution in [0.15, 0.2) is 24.3 Å². The molecular weight excluding hydrogens is 347 g/mol. The molecule has 0 unspecified atom stereocenters. The predicted molar refractivity (Wildman–Crippen MR) is 84.6 cm³/mol. The van der Waals surface area contributed by atoms with Gasteiger partial charge in [0, 0.05) is 12.0 Å². The van der Waals surface area contributed by atoms with Gasteiger partial charge in [0.25, 0.3) is 0 Å². The van der Waals surface area contributed by atoms with E-state index in [2.05, 4.69) is 0 Å². The molecule has 1 aromatic heterocycles. The van der Waals surface area contributed by atoms with Gasteiger partial charge in [0.2, 0.25) is 0 Å². The van der Waals surface area contributed by atoms with Crippen LogP contribution in [0.2, 0.25) is 8.67 Å². The van der Waals surface area contributed by atoms with Crippen molar-refractivity contribution in [3.05, 3.63) is 49.6 Å². The van der Waals surface area contributed by atoms with Crippen LogP contribution in [0.25, 0.3) is 0 Å². The van der Waals surface area contributed by atoms with Crippen molar-refractivity contribution in [2.75, 3.05) is 13.2 Å². The molecule has 0 N–H and O–H groups in total. The van der Waals surface area contributed by atoms with Crippen molar-refractivity contribution < 1.29 is 19.1 Å². The lowest BCUT2D eigenvalue weighted by Gasteiger charge is -2.05. The standard InChI is InChI=1S/C15H10Cl2O4S/c16-13-6-10(14(17)22-13)15(19)21-7-11(18)8-1-2-12-9(5-8)3-4-20-12/h1-2,5-6H,3-4,7H2. The summed E-state index contributed by atoms with van der Waals surface area (Å²) in [4.78, 5) is 24.0. The lowest BCUT2D eigenvalue weighted by atomic mass is 10.1. The van der Waals surface area contributed by atoms with E-state index in [-0.39, 0.29) is 22.3 Å². The van der Waals surface area contributed by atoms with Crippen molar-refractivity contribution >= 4 is 46.3 Å². The van der Waals surface area contributed by atoms with Crippen LogP contribution in [0.4, 0.5) is 0 Å². The first-order valence-electron chi connectivity index (χ1n) is 6.45. The molecule has 0 fully saturated rings. The third-order valence-electron chi connectivity index (χ3n) is 3.22. The summed E-state index contributed by atoms with van der Waals surface area (Å²) in [5.41, 5.74) is 1.66. The van der Waals surface area contributed by atoms with Crippen molar-refractivity contribution in [2.45, 2.75) is 6.42 Å². The molecule has 0 spiro atoms. The Bertz CT molecular complexity index is 754. The highest BCUT2D eigenvalue weighted by molar-refractivity contribution is 7.20. The summed E-state index contributed by atoms with van der Waals surface area (Å²) >= 11 is 12.7. The SMILES string of the molecule is O=C(COC(=O)c1cc(Cl)sc1Cl)c1ccc2c(c1)CCO2. The number of fused-ring (bicyclic) bond motifs is 1. The van der Waals surface area contributed by atoms with Crippen molar-refractivity contribution in [2.24, 2.45) is 0 Å². The minimum atomic E-state index is -0.661. The van der Waals surface area contributed by atoms with Crippen molar-refractivity contribution in [3.8, 4) is 5.75 Å². The molecule has 2 heterocycles. The van der Waals surface area contributed by atoms with Crippen LogP contribution < -0.4 is 4.74 Å². The molecule has 0 radical (unpaired) electrons. The normalized spacial score (nSPS) is 12.6. The Morgan fingerprint density at radius 1 is 1.27 bits per heavy atom. The van der Waals surface area contributed by atoms with Crippen LogP contribution in [-0.2, 0) is 11.2 Å². The average Bonchev–Trinajstić information content (AvgIpc) is 3.09. The molecule has 2 aromatic rings. The monoisotopic (exact) mass is 356 g/mol. The maximum absolute atomic E-state index is 12.1. The fourth-order valence-electron chi connectivity index (χ4n) is 2.13. The third kappa shape index (κ3) is 3.11. The highest BCUT2D eigenvalue weighted by Gasteiger charge is 2.19. The molecule has 0 saturated carbocycles. The second kappa shape index (κ2) is 6.28. The van der Waals surface area contributed by atoms with Crippen molar-refractivity contribution in [1.29, 1.82) is 0 Å². The summed E-state index contributed by atoms with van der Waals surface area (Å²) in [6.07, 6.45) is 0.777. The Morgan fingerprint density at radius 2 is 2.09 bits per heavy atom. The number of thiophene rings is 1. The van der Waals surface area contributed by atoms with Gasteiger partial charge in [-0.2, -0.15) is 0 Å². The minimum absolute atomic E-state index is 0.173. The maximum Gasteiger partial charge on any atom is 0.341 e. The smallest absolute Gasteiger partial charge is 0.341 e. The van der Waals surface area contributed by atoms with Gasteiger partial charge in [0.15, 0.2) is 12.4 Å². The van der Waals surface area contributed by atoms with Crippen LogP contribution in [-0.4, -0.2) is 25.0 Å². The van der Waals surface area contributed by atoms with Crippen LogP contribution in [0.3, 0.4) is 0 Å². The largest absolute Gasteiger partial charge is 0.493 e. The molecule has 1 aliphatic heterocycles. The molecule has 0 aliphatic carbocycles. The number of esters is 1. The number of benzene rings is 1. The number of carbonyl (C=O) groups is 2. The predicted octanol–water partition coefficient (Wildman–Crippen LogP) is 4.03. The van der Waals surface area contributed by atoms with Gasteiger partial charge in [-0.05, 0) is 29.8 Å². The zero-order valence-corrected chi connectivity index (χ0v) is 13.6. The number of ether oxygens (including phenoxy) is 2. The fourth-order valence-corrected chi connectivity index (χ4v) is 3.57. The fraction of sp³-hybridized carbons (Fsp3) is 0.200. The maximum atomic E-state index is 12.1. The Kier molecular flexibility index (Phi) is 4.38. The molecular formula is C15H10Cl2O4S. The van der Waals surface area contributed by atoms with Gasteiger partial charge < -0.3 is 9.47 Å². The molecule has 114 valence electrons. The number of hydrogen-bond acceptors (Lipinski definition) is 5. The average molecular weight is 357 g/mol. The molecule has 22 heavy (non-hydrogen) atoms. The van der Waals surface area contributed by atoms with Crippen molar-refractivity contribution in [3.63, 3.8) is 0 Å².